The first-order chi connectivity index (χ1) is 8.16. The molecule has 1 aliphatic heterocycles. The van der Waals surface area contributed by atoms with Crippen LogP contribution in [-0.2, 0) is 22.2 Å². The molecule has 2 nitrogen and oxygen atoms in total. The van der Waals surface area contributed by atoms with Gasteiger partial charge in [0.25, 0.3) is 0 Å². The van der Waals surface area contributed by atoms with E-state index in [1.165, 1.54) is 42.3 Å². The summed E-state index contributed by atoms with van der Waals surface area (Å²) in [5.41, 5.74) is 4.07. The van der Waals surface area contributed by atoms with Crippen LogP contribution >= 0.6 is 0 Å². The maximum Gasteiger partial charge on any atom is 0.494 e. The number of rotatable bonds is 1. The van der Waals surface area contributed by atoms with Gasteiger partial charge in [0.2, 0.25) is 0 Å². The molecule has 0 saturated carbocycles. The van der Waals surface area contributed by atoms with E-state index >= 15 is 0 Å². The van der Waals surface area contributed by atoms with Gasteiger partial charge in [-0.05, 0) is 56.1 Å². The normalized spacial score (nSPS) is 22.6. The van der Waals surface area contributed by atoms with Gasteiger partial charge in [0, 0.05) is 0 Å². The summed E-state index contributed by atoms with van der Waals surface area (Å²) in [4.78, 5) is 0. The van der Waals surface area contributed by atoms with Crippen molar-refractivity contribution in [3.8, 4) is 0 Å². The molecule has 0 spiro atoms. The highest BCUT2D eigenvalue weighted by molar-refractivity contribution is 6.62. The topological polar surface area (TPSA) is 18.5 Å². The van der Waals surface area contributed by atoms with Crippen molar-refractivity contribution in [1.82, 2.24) is 0 Å². The van der Waals surface area contributed by atoms with Gasteiger partial charge in [-0.1, -0.05) is 18.2 Å². The highest BCUT2D eigenvalue weighted by Gasteiger charge is 2.39. The minimum absolute atomic E-state index is 0.151. The molecule has 0 radical (unpaired) electrons. The molecule has 0 bridgehead atoms. The summed E-state index contributed by atoms with van der Waals surface area (Å²) in [6.07, 6.45) is 4.99. The number of hydrogen-bond acceptors (Lipinski definition) is 2. The fourth-order valence-corrected chi connectivity index (χ4v) is 2.82. The highest BCUT2D eigenvalue weighted by atomic mass is 16.7. The van der Waals surface area contributed by atoms with Crippen LogP contribution in [0.5, 0.6) is 0 Å². The fraction of sp³-hybridized carbons (Fsp3) is 0.571. The third-order valence-corrected chi connectivity index (χ3v) is 3.69. The lowest BCUT2D eigenvalue weighted by molar-refractivity contribution is 0.137. The summed E-state index contributed by atoms with van der Waals surface area (Å²) >= 11 is 0. The molecule has 2 aliphatic rings. The third-order valence-electron chi connectivity index (χ3n) is 3.69. The molecule has 3 heteroatoms. The zero-order valence-electron chi connectivity index (χ0n) is 10.7. The second-order valence-corrected chi connectivity index (χ2v) is 5.71. The van der Waals surface area contributed by atoms with Crippen LogP contribution in [0.4, 0.5) is 0 Å². The quantitative estimate of drug-likeness (QED) is 0.687. The van der Waals surface area contributed by atoms with Gasteiger partial charge in [0.05, 0.1) is 12.2 Å². The molecule has 17 heavy (non-hydrogen) atoms. The molecule has 1 heterocycles. The number of hydrogen-bond donors (Lipinski definition) is 0. The standard InChI is InChI=1S/C14H19BO2/c1-14(2)10-16-15(17-14)13-9-5-7-11-6-3-4-8-12(11)13/h5,7,9H,3-4,6,8,10H2,1-2H3. The van der Waals surface area contributed by atoms with Gasteiger partial charge in [-0.25, -0.2) is 0 Å². The second-order valence-electron chi connectivity index (χ2n) is 5.71. The third kappa shape index (κ3) is 2.14. The number of benzene rings is 1. The van der Waals surface area contributed by atoms with E-state index in [1.54, 1.807) is 0 Å². The zero-order valence-corrected chi connectivity index (χ0v) is 10.7. The Bertz CT molecular complexity index is 428. The zero-order chi connectivity index (χ0) is 11.9. The van der Waals surface area contributed by atoms with Gasteiger partial charge in [-0.3, -0.25) is 0 Å². The van der Waals surface area contributed by atoms with Crippen LogP contribution in [0.1, 0.15) is 37.8 Å². The van der Waals surface area contributed by atoms with Crippen LogP contribution in [0.3, 0.4) is 0 Å². The van der Waals surface area contributed by atoms with Gasteiger partial charge in [0.15, 0.2) is 0 Å². The van der Waals surface area contributed by atoms with E-state index in [1.807, 2.05) is 0 Å². The van der Waals surface area contributed by atoms with Crippen LogP contribution in [-0.4, -0.2) is 19.3 Å². The molecule has 0 unspecified atom stereocenters. The molecule has 1 fully saturated rings. The van der Waals surface area contributed by atoms with E-state index in [4.69, 9.17) is 9.31 Å². The van der Waals surface area contributed by atoms with Crippen LogP contribution in [0.15, 0.2) is 18.2 Å². The first-order valence-corrected chi connectivity index (χ1v) is 6.56. The average Bonchev–Trinajstić information content (AvgIpc) is 2.69. The van der Waals surface area contributed by atoms with Crippen molar-refractivity contribution in [1.29, 1.82) is 0 Å². The predicted octanol–water partition coefficient (Wildman–Crippen LogP) is 2.09. The van der Waals surface area contributed by atoms with Gasteiger partial charge in [-0.15, -0.1) is 0 Å². The Morgan fingerprint density at radius 1 is 1.18 bits per heavy atom. The van der Waals surface area contributed by atoms with Crippen molar-refractivity contribution in [2.75, 3.05) is 6.61 Å². The highest BCUT2D eigenvalue weighted by Crippen LogP contribution is 2.24. The summed E-state index contributed by atoms with van der Waals surface area (Å²) < 4.78 is 11.8. The molecule has 90 valence electrons. The number of aryl methyl sites for hydroxylation is 1. The molecular formula is C14H19BO2. The second kappa shape index (κ2) is 4.15. The van der Waals surface area contributed by atoms with Crippen molar-refractivity contribution < 1.29 is 9.31 Å². The average molecular weight is 230 g/mol. The van der Waals surface area contributed by atoms with Crippen molar-refractivity contribution >= 4 is 12.6 Å². The largest absolute Gasteiger partial charge is 0.494 e. The van der Waals surface area contributed by atoms with Crippen molar-refractivity contribution in [2.24, 2.45) is 0 Å². The Kier molecular flexibility index (Phi) is 2.76. The number of fused-ring (bicyclic) bond motifs is 1. The Hall–Kier alpha value is -0.795. The van der Waals surface area contributed by atoms with E-state index in [2.05, 4.69) is 32.0 Å². The van der Waals surface area contributed by atoms with Gasteiger partial charge < -0.3 is 9.31 Å². The minimum atomic E-state index is -0.155. The molecule has 1 aromatic carbocycles. The van der Waals surface area contributed by atoms with E-state index in [9.17, 15) is 0 Å². The molecule has 0 amide bonds. The molecule has 0 atom stereocenters. The molecule has 0 aromatic heterocycles. The lowest BCUT2D eigenvalue weighted by atomic mass is 9.72. The Labute approximate surface area is 103 Å². The maximum atomic E-state index is 5.98. The molecule has 1 aromatic rings. The summed E-state index contributed by atoms with van der Waals surface area (Å²) in [5, 5.41) is 0. The SMILES string of the molecule is CC1(C)COB(c2cccc3c2CCCC3)O1. The van der Waals surface area contributed by atoms with E-state index in [-0.39, 0.29) is 12.7 Å². The van der Waals surface area contributed by atoms with E-state index < -0.39 is 0 Å². The van der Waals surface area contributed by atoms with Crippen molar-refractivity contribution in [3.63, 3.8) is 0 Å². The van der Waals surface area contributed by atoms with Crippen molar-refractivity contribution in [2.45, 2.75) is 45.1 Å². The van der Waals surface area contributed by atoms with Crippen LogP contribution in [0.25, 0.3) is 0 Å². The Morgan fingerprint density at radius 3 is 2.76 bits per heavy atom. The smallest absolute Gasteiger partial charge is 0.404 e. The molecular weight excluding hydrogens is 211 g/mol. The summed E-state index contributed by atoms with van der Waals surface area (Å²) in [7, 11) is -0.155. The maximum absolute atomic E-state index is 5.98. The minimum Gasteiger partial charge on any atom is -0.404 e. The summed E-state index contributed by atoms with van der Waals surface area (Å²) in [6.45, 7) is 4.85. The lowest BCUT2D eigenvalue weighted by Crippen LogP contribution is -2.38. The molecule has 1 aliphatic carbocycles. The summed E-state index contributed by atoms with van der Waals surface area (Å²) in [5.74, 6) is 0. The van der Waals surface area contributed by atoms with Crippen molar-refractivity contribution in [3.05, 3.63) is 29.3 Å². The summed E-state index contributed by atoms with van der Waals surface area (Å²) in [6, 6.07) is 6.55. The molecule has 1 saturated heterocycles. The van der Waals surface area contributed by atoms with E-state index in [0.717, 1.165) is 0 Å². The van der Waals surface area contributed by atoms with Crippen LogP contribution in [0, 0.1) is 0 Å². The van der Waals surface area contributed by atoms with Gasteiger partial charge >= 0.3 is 7.12 Å². The van der Waals surface area contributed by atoms with Crippen LogP contribution in [0.2, 0.25) is 0 Å². The molecule has 0 N–H and O–H groups in total. The van der Waals surface area contributed by atoms with E-state index in [0.29, 0.717) is 6.61 Å². The van der Waals surface area contributed by atoms with Gasteiger partial charge in [-0.2, -0.15) is 0 Å². The Morgan fingerprint density at radius 2 is 2.00 bits per heavy atom. The first-order valence-electron chi connectivity index (χ1n) is 6.56. The fourth-order valence-electron chi connectivity index (χ4n) is 2.82. The van der Waals surface area contributed by atoms with Gasteiger partial charge in [0.1, 0.15) is 0 Å². The monoisotopic (exact) mass is 230 g/mol. The lowest BCUT2D eigenvalue weighted by Gasteiger charge is -2.21. The predicted molar refractivity (Wildman–Crippen MR) is 69.6 cm³/mol. The first kappa shape index (κ1) is 11.3. The Balaban J connectivity index is 1.93. The van der Waals surface area contributed by atoms with Crippen LogP contribution < -0.4 is 5.46 Å². The molecule has 3 rings (SSSR count).